The number of hydrogen-bond donors (Lipinski definition) is 2. The Balaban J connectivity index is 1.33. The molecule has 0 radical (unpaired) electrons. The minimum atomic E-state index is 0.315. The number of piperidine rings is 1. The Kier molecular flexibility index (Phi) is 5.18. The number of para-hydroxylation sites is 1. The van der Waals surface area contributed by atoms with Gasteiger partial charge in [0.1, 0.15) is 5.82 Å². The van der Waals surface area contributed by atoms with E-state index in [1.165, 1.54) is 29.4 Å². The minimum absolute atomic E-state index is 0.315. The van der Waals surface area contributed by atoms with Crippen molar-refractivity contribution < 1.29 is 0 Å². The van der Waals surface area contributed by atoms with Crippen LogP contribution in [0.15, 0.2) is 54.0 Å². The van der Waals surface area contributed by atoms with Gasteiger partial charge in [-0.15, -0.1) is 11.3 Å². The number of hydrogen-bond acceptors (Lipinski definition) is 6. The molecule has 1 fully saturated rings. The molecule has 1 aliphatic heterocycles. The van der Waals surface area contributed by atoms with Gasteiger partial charge in [0.25, 0.3) is 0 Å². The SMILES string of the molecule is N#Cc1ccnc(Nc2nc([C@@H]3CCCCN3Cc3cc4ccccc4[nH]3)cs2)c1. The van der Waals surface area contributed by atoms with Crippen molar-refractivity contribution >= 4 is 33.2 Å². The quantitative estimate of drug-likeness (QED) is 0.459. The van der Waals surface area contributed by atoms with Gasteiger partial charge in [-0.25, -0.2) is 9.97 Å². The molecular formula is C23H22N6S. The van der Waals surface area contributed by atoms with E-state index in [-0.39, 0.29) is 0 Å². The van der Waals surface area contributed by atoms with Gasteiger partial charge >= 0.3 is 0 Å². The zero-order valence-corrected chi connectivity index (χ0v) is 17.3. The molecule has 0 unspecified atom stereocenters. The lowest BCUT2D eigenvalue weighted by Gasteiger charge is -2.34. The van der Waals surface area contributed by atoms with Gasteiger partial charge < -0.3 is 10.3 Å². The molecule has 1 aromatic carbocycles. The van der Waals surface area contributed by atoms with Gasteiger partial charge in [-0.3, -0.25) is 4.90 Å². The number of thiazole rings is 1. The van der Waals surface area contributed by atoms with E-state index in [0.29, 0.717) is 17.4 Å². The number of anilines is 2. The maximum atomic E-state index is 9.07. The third-order valence-corrected chi connectivity index (χ3v) is 6.34. The molecule has 0 bridgehead atoms. The first kappa shape index (κ1) is 18.8. The number of aromatic nitrogens is 3. The Hall–Kier alpha value is -3.21. The van der Waals surface area contributed by atoms with Crippen LogP contribution in [0.4, 0.5) is 10.9 Å². The molecule has 0 spiro atoms. The van der Waals surface area contributed by atoms with Gasteiger partial charge in [0.2, 0.25) is 0 Å². The summed E-state index contributed by atoms with van der Waals surface area (Å²) in [5.74, 6) is 0.647. The number of nitriles is 1. The molecule has 4 aromatic rings. The van der Waals surface area contributed by atoms with E-state index in [1.54, 1.807) is 29.7 Å². The van der Waals surface area contributed by atoms with Gasteiger partial charge in [0.15, 0.2) is 5.13 Å². The van der Waals surface area contributed by atoms with Crippen molar-refractivity contribution in [2.75, 3.05) is 11.9 Å². The lowest BCUT2D eigenvalue weighted by atomic mass is 10.00. The number of pyridine rings is 1. The number of fused-ring (bicyclic) bond motifs is 1. The molecule has 0 aliphatic carbocycles. The monoisotopic (exact) mass is 414 g/mol. The molecule has 4 heterocycles. The van der Waals surface area contributed by atoms with Crippen molar-refractivity contribution in [3.05, 3.63) is 71.0 Å². The largest absolute Gasteiger partial charge is 0.357 e. The van der Waals surface area contributed by atoms with Crippen LogP contribution in [-0.2, 0) is 6.54 Å². The number of nitrogens with one attached hydrogen (secondary N) is 2. The van der Waals surface area contributed by atoms with Gasteiger partial charge in [-0.1, -0.05) is 24.6 Å². The normalized spacial score (nSPS) is 17.1. The summed E-state index contributed by atoms with van der Waals surface area (Å²) in [6.07, 6.45) is 5.20. The van der Waals surface area contributed by atoms with E-state index in [1.807, 2.05) is 0 Å². The highest BCUT2D eigenvalue weighted by molar-refractivity contribution is 7.13. The van der Waals surface area contributed by atoms with Gasteiger partial charge in [0.05, 0.1) is 23.4 Å². The fraction of sp³-hybridized carbons (Fsp3) is 0.261. The first-order chi connectivity index (χ1) is 14.8. The Morgan fingerprint density at radius 1 is 1.23 bits per heavy atom. The van der Waals surface area contributed by atoms with Crippen molar-refractivity contribution in [1.82, 2.24) is 19.9 Å². The molecule has 3 aromatic heterocycles. The molecule has 1 atom stereocenters. The number of rotatable bonds is 5. The zero-order valence-electron chi connectivity index (χ0n) is 16.5. The van der Waals surface area contributed by atoms with Crippen molar-refractivity contribution in [3.8, 4) is 6.07 Å². The zero-order chi connectivity index (χ0) is 20.3. The molecule has 0 saturated carbocycles. The summed E-state index contributed by atoms with van der Waals surface area (Å²) in [5, 5.41) is 16.5. The van der Waals surface area contributed by atoms with Crippen molar-refractivity contribution in [1.29, 1.82) is 5.26 Å². The standard InChI is InChI=1S/C23H22N6S/c24-13-16-8-9-25-22(11-16)28-23-27-20(15-30-23)21-7-3-4-10-29(21)14-18-12-17-5-1-2-6-19(17)26-18/h1-2,5-6,8-9,11-12,15,21,26H,3-4,7,10,14H2,(H,25,27,28)/t21-/m0/s1. The molecule has 7 heteroatoms. The Bertz CT molecular complexity index is 1170. The predicted molar refractivity (Wildman–Crippen MR) is 120 cm³/mol. The average Bonchev–Trinajstić information content (AvgIpc) is 3.40. The molecule has 1 saturated heterocycles. The van der Waals surface area contributed by atoms with Gasteiger partial charge in [-0.2, -0.15) is 5.26 Å². The van der Waals surface area contributed by atoms with E-state index in [4.69, 9.17) is 10.2 Å². The van der Waals surface area contributed by atoms with Crippen molar-refractivity contribution in [2.45, 2.75) is 31.8 Å². The van der Waals surface area contributed by atoms with Crippen LogP contribution in [0.3, 0.4) is 0 Å². The first-order valence-electron chi connectivity index (χ1n) is 10.2. The Morgan fingerprint density at radius 3 is 3.07 bits per heavy atom. The fourth-order valence-corrected chi connectivity index (χ4v) is 4.89. The maximum absolute atomic E-state index is 9.07. The Morgan fingerprint density at radius 2 is 2.17 bits per heavy atom. The smallest absolute Gasteiger partial charge is 0.188 e. The molecule has 30 heavy (non-hydrogen) atoms. The van der Waals surface area contributed by atoms with Crippen LogP contribution in [0, 0.1) is 11.3 Å². The number of likely N-dealkylation sites (tertiary alicyclic amines) is 1. The topological polar surface area (TPSA) is 80.6 Å². The molecule has 6 nitrogen and oxygen atoms in total. The summed E-state index contributed by atoms with van der Waals surface area (Å²) in [5.41, 5.74) is 4.12. The number of H-pyrrole nitrogens is 1. The lowest BCUT2D eigenvalue weighted by Crippen LogP contribution is -2.33. The molecule has 0 amide bonds. The number of nitrogens with zero attached hydrogens (tertiary/aromatic N) is 4. The maximum Gasteiger partial charge on any atom is 0.188 e. The fourth-order valence-electron chi connectivity index (χ4n) is 4.13. The van der Waals surface area contributed by atoms with Crippen LogP contribution < -0.4 is 5.32 Å². The summed E-state index contributed by atoms with van der Waals surface area (Å²) >= 11 is 1.58. The van der Waals surface area contributed by atoms with Crippen molar-refractivity contribution in [2.24, 2.45) is 0 Å². The van der Waals surface area contributed by atoms with Crippen LogP contribution in [0.5, 0.6) is 0 Å². The van der Waals surface area contributed by atoms with E-state index < -0.39 is 0 Å². The highest BCUT2D eigenvalue weighted by atomic mass is 32.1. The molecule has 1 aliphatic rings. The third-order valence-electron chi connectivity index (χ3n) is 5.56. The van der Waals surface area contributed by atoms with Crippen LogP contribution in [0.25, 0.3) is 10.9 Å². The van der Waals surface area contributed by atoms with E-state index in [0.717, 1.165) is 30.3 Å². The van der Waals surface area contributed by atoms with Crippen LogP contribution in [0.2, 0.25) is 0 Å². The second-order valence-corrected chi connectivity index (χ2v) is 8.47. The highest BCUT2D eigenvalue weighted by Crippen LogP contribution is 2.34. The lowest BCUT2D eigenvalue weighted by molar-refractivity contribution is 0.136. The Labute approximate surface area is 179 Å². The second kappa shape index (κ2) is 8.27. The number of aromatic amines is 1. The second-order valence-electron chi connectivity index (χ2n) is 7.61. The van der Waals surface area contributed by atoms with Crippen molar-refractivity contribution in [3.63, 3.8) is 0 Å². The average molecular weight is 415 g/mol. The van der Waals surface area contributed by atoms with Crippen LogP contribution >= 0.6 is 11.3 Å². The van der Waals surface area contributed by atoms with Crippen LogP contribution in [0.1, 0.15) is 42.3 Å². The number of benzene rings is 1. The summed E-state index contributed by atoms with van der Waals surface area (Å²) < 4.78 is 0. The summed E-state index contributed by atoms with van der Waals surface area (Å²) in [6, 6.07) is 16.6. The summed E-state index contributed by atoms with van der Waals surface area (Å²) in [6.45, 7) is 1.97. The van der Waals surface area contributed by atoms with E-state index >= 15 is 0 Å². The van der Waals surface area contributed by atoms with Gasteiger partial charge in [-0.05, 0) is 49.0 Å². The van der Waals surface area contributed by atoms with Gasteiger partial charge in [0, 0.05) is 29.3 Å². The predicted octanol–water partition coefficient (Wildman–Crippen LogP) is 5.36. The summed E-state index contributed by atoms with van der Waals surface area (Å²) in [4.78, 5) is 15.2. The first-order valence-corrected chi connectivity index (χ1v) is 11.1. The van der Waals surface area contributed by atoms with Crippen LogP contribution in [-0.4, -0.2) is 26.4 Å². The summed E-state index contributed by atoms with van der Waals surface area (Å²) in [7, 11) is 0. The van der Waals surface area contributed by atoms with E-state index in [9.17, 15) is 0 Å². The van der Waals surface area contributed by atoms with E-state index in [2.05, 4.69) is 62.0 Å². The molecular weight excluding hydrogens is 392 g/mol. The molecule has 2 N–H and O–H groups in total. The molecule has 5 rings (SSSR count). The highest BCUT2D eigenvalue weighted by Gasteiger charge is 2.26. The minimum Gasteiger partial charge on any atom is -0.357 e. The molecule has 150 valence electrons. The third kappa shape index (κ3) is 3.92.